The zero-order chi connectivity index (χ0) is 10.7. The lowest BCUT2D eigenvalue weighted by Crippen LogP contribution is -2.30. The summed E-state index contributed by atoms with van der Waals surface area (Å²) >= 11 is 0. The minimum Gasteiger partial charge on any atom is -0.326 e. The largest absolute Gasteiger partial charge is 0.326 e. The van der Waals surface area contributed by atoms with Gasteiger partial charge in [0.25, 0.3) is 0 Å². The molecule has 3 N–H and O–H groups in total. The Hall–Kier alpha value is -0.860. The number of benzene rings is 1. The lowest BCUT2D eigenvalue weighted by Gasteiger charge is -2.28. The molecule has 1 aromatic rings. The predicted octanol–water partition coefficient (Wildman–Crippen LogP) is 2.21. The molecule has 1 aromatic carbocycles. The van der Waals surface area contributed by atoms with Gasteiger partial charge in [-0.15, -0.1) is 0 Å². The van der Waals surface area contributed by atoms with Crippen molar-refractivity contribution in [2.24, 2.45) is 11.7 Å². The van der Waals surface area contributed by atoms with E-state index in [-0.39, 0.29) is 0 Å². The van der Waals surface area contributed by atoms with E-state index in [9.17, 15) is 0 Å². The molecule has 2 nitrogen and oxygen atoms in total. The van der Waals surface area contributed by atoms with Gasteiger partial charge in [0.2, 0.25) is 0 Å². The highest BCUT2D eigenvalue weighted by molar-refractivity contribution is 5.26. The van der Waals surface area contributed by atoms with E-state index < -0.39 is 0 Å². The standard InChI is InChI=1S/C13H20N2/c1-10-5-6-15-13(7-10)12-4-2-3-11(8-12)9-14/h2-4,8,10,13,15H,5-7,9,14H2,1H3. The molecule has 0 spiro atoms. The zero-order valence-corrected chi connectivity index (χ0v) is 9.37. The van der Waals surface area contributed by atoms with Crippen molar-refractivity contribution in [3.8, 4) is 0 Å². The molecule has 0 bridgehead atoms. The number of rotatable bonds is 2. The van der Waals surface area contributed by atoms with Crippen molar-refractivity contribution < 1.29 is 0 Å². The molecule has 0 saturated carbocycles. The molecular formula is C13H20N2. The second-order valence-electron chi connectivity index (χ2n) is 4.59. The van der Waals surface area contributed by atoms with Gasteiger partial charge in [-0.2, -0.15) is 0 Å². The molecule has 2 rings (SSSR count). The van der Waals surface area contributed by atoms with Crippen LogP contribution in [-0.4, -0.2) is 6.54 Å². The quantitative estimate of drug-likeness (QED) is 0.775. The Balaban J connectivity index is 2.13. The van der Waals surface area contributed by atoms with Gasteiger partial charge in [0.05, 0.1) is 0 Å². The van der Waals surface area contributed by atoms with Crippen molar-refractivity contribution in [1.29, 1.82) is 0 Å². The van der Waals surface area contributed by atoms with Crippen molar-refractivity contribution in [3.63, 3.8) is 0 Å². The molecule has 0 radical (unpaired) electrons. The van der Waals surface area contributed by atoms with Gasteiger partial charge in [-0.05, 0) is 36.4 Å². The molecule has 0 amide bonds. The van der Waals surface area contributed by atoms with Gasteiger partial charge in [0.15, 0.2) is 0 Å². The summed E-state index contributed by atoms with van der Waals surface area (Å²) in [6.45, 7) is 4.11. The van der Waals surface area contributed by atoms with Crippen LogP contribution in [-0.2, 0) is 6.54 Å². The zero-order valence-electron chi connectivity index (χ0n) is 9.37. The molecule has 2 atom stereocenters. The lowest BCUT2D eigenvalue weighted by atomic mass is 9.89. The van der Waals surface area contributed by atoms with Crippen LogP contribution in [0, 0.1) is 5.92 Å². The first kappa shape index (κ1) is 10.7. The van der Waals surface area contributed by atoms with Crippen LogP contribution < -0.4 is 11.1 Å². The maximum Gasteiger partial charge on any atom is 0.0322 e. The highest BCUT2D eigenvalue weighted by Crippen LogP contribution is 2.27. The summed E-state index contributed by atoms with van der Waals surface area (Å²) in [5.74, 6) is 0.831. The summed E-state index contributed by atoms with van der Waals surface area (Å²) in [4.78, 5) is 0. The van der Waals surface area contributed by atoms with Crippen molar-refractivity contribution in [2.45, 2.75) is 32.4 Å². The molecule has 1 fully saturated rings. The van der Waals surface area contributed by atoms with E-state index in [0.29, 0.717) is 12.6 Å². The average molecular weight is 204 g/mol. The second-order valence-corrected chi connectivity index (χ2v) is 4.59. The van der Waals surface area contributed by atoms with Crippen LogP contribution >= 0.6 is 0 Å². The van der Waals surface area contributed by atoms with Crippen LogP contribution in [0.3, 0.4) is 0 Å². The molecule has 1 heterocycles. The van der Waals surface area contributed by atoms with Gasteiger partial charge in [0.1, 0.15) is 0 Å². The van der Waals surface area contributed by atoms with Crippen LogP contribution in [0.15, 0.2) is 24.3 Å². The topological polar surface area (TPSA) is 38.0 Å². The summed E-state index contributed by atoms with van der Waals surface area (Å²) < 4.78 is 0. The fourth-order valence-electron chi connectivity index (χ4n) is 2.30. The maximum absolute atomic E-state index is 5.66. The number of nitrogens with one attached hydrogen (secondary N) is 1. The van der Waals surface area contributed by atoms with Crippen LogP contribution in [0.1, 0.15) is 36.9 Å². The third-order valence-corrected chi connectivity index (χ3v) is 3.26. The Morgan fingerprint density at radius 2 is 2.33 bits per heavy atom. The number of nitrogens with two attached hydrogens (primary N) is 1. The Morgan fingerprint density at radius 1 is 1.47 bits per heavy atom. The first-order chi connectivity index (χ1) is 7.29. The summed E-state index contributed by atoms with van der Waals surface area (Å²) in [5.41, 5.74) is 8.28. The monoisotopic (exact) mass is 204 g/mol. The minimum absolute atomic E-state index is 0.528. The third-order valence-electron chi connectivity index (χ3n) is 3.26. The number of piperidine rings is 1. The summed E-state index contributed by atoms with van der Waals surface area (Å²) in [7, 11) is 0. The first-order valence-electron chi connectivity index (χ1n) is 5.82. The number of hydrogen-bond donors (Lipinski definition) is 2. The second kappa shape index (κ2) is 4.77. The van der Waals surface area contributed by atoms with Crippen LogP contribution in [0.25, 0.3) is 0 Å². The van der Waals surface area contributed by atoms with E-state index in [1.54, 1.807) is 0 Å². The van der Waals surface area contributed by atoms with E-state index in [2.05, 4.69) is 36.5 Å². The summed E-state index contributed by atoms with van der Waals surface area (Å²) in [6.07, 6.45) is 2.54. The first-order valence-corrected chi connectivity index (χ1v) is 5.82. The molecule has 1 aliphatic heterocycles. The molecule has 2 heteroatoms. The highest BCUT2D eigenvalue weighted by atomic mass is 14.9. The molecule has 82 valence electrons. The fourth-order valence-corrected chi connectivity index (χ4v) is 2.30. The van der Waals surface area contributed by atoms with Gasteiger partial charge in [-0.3, -0.25) is 0 Å². The van der Waals surface area contributed by atoms with E-state index in [0.717, 1.165) is 12.5 Å². The van der Waals surface area contributed by atoms with Crippen LogP contribution in [0.5, 0.6) is 0 Å². The molecule has 0 aliphatic carbocycles. The van der Waals surface area contributed by atoms with E-state index in [4.69, 9.17) is 5.73 Å². The Labute approximate surface area is 91.9 Å². The maximum atomic E-state index is 5.66. The van der Waals surface area contributed by atoms with Crippen LogP contribution in [0.4, 0.5) is 0 Å². The molecule has 2 unspecified atom stereocenters. The van der Waals surface area contributed by atoms with Crippen LogP contribution in [0.2, 0.25) is 0 Å². The molecule has 1 aliphatic rings. The minimum atomic E-state index is 0.528. The predicted molar refractivity (Wildman–Crippen MR) is 63.5 cm³/mol. The average Bonchev–Trinajstić information content (AvgIpc) is 2.29. The lowest BCUT2D eigenvalue weighted by molar-refractivity contribution is 0.325. The Bertz CT molecular complexity index is 322. The normalized spacial score (nSPS) is 26.5. The SMILES string of the molecule is CC1CCNC(c2cccc(CN)c2)C1. The molecule has 15 heavy (non-hydrogen) atoms. The molecule has 1 saturated heterocycles. The summed E-state index contributed by atoms with van der Waals surface area (Å²) in [5, 5.41) is 3.58. The fraction of sp³-hybridized carbons (Fsp3) is 0.538. The Morgan fingerprint density at radius 3 is 3.07 bits per heavy atom. The van der Waals surface area contributed by atoms with Gasteiger partial charge in [0, 0.05) is 12.6 Å². The number of hydrogen-bond acceptors (Lipinski definition) is 2. The van der Waals surface area contributed by atoms with Crippen molar-refractivity contribution in [1.82, 2.24) is 5.32 Å². The third kappa shape index (κ3) is 2.58. The van der Waals surface area contributed by atoms with Gasteiger partial charge in [-0.1, -0.05) is 31.2 Å². The van der Waals surface area contributed by atoms with E-state index >= 15 is 0 Å². The molecular weight excluding hydrogens is 184 g/mol. The van der Waals surface area contributed by atoms with Gasteiger partial charge in [-0.25, -0.2) is 0 Å². The van der Waals surface area contributed by atoms with E-state index in [1.165, 1.54) is 24.0 Å². The van der Waals surface area contributed by atoms with Crippen molar-refractivity contribution >= 4 is 0 Å². The van der Waals surface area contributed by atoms with Crippen molar-refractivity contribution in [3.05, 3.63) is 35.4 Å². The van der Waals surface area contributed by atoms with Gasteiger partial charge < -0.3 is 11.1 Å². The van der Waals surface area contributed by atoms with Gasteiger partial charge >= 0.3 is 0 Å². The molecule has 0 aromatic heterocycles. The summed E-state index contributed by atoms with van der Waals surface area (Å²) in [6, 6.07) is 9.17. The highest BCUT2D eigenvalue weighted by Gasteiger charge is 2.19. The Kier molecular flexibility index (Phi) is 3.39. The smallest absolute Gasteiger partial charge is 0.0322 e. The van der Waals surface area contributed by atoms with Crippen molar-refractivity contribution in [2.75, 3.05) is 6.54 Å². The van der Waals surface area contributed by atoms with E-state index in [1.807, 2.05) is 0 Å².